The molecule has 0 saturated heterocycles. The lowest BCUT2D eigenvalue weighted by Gasteiger charge is -2.37. The van der Waals surface area contributed by atoms with E-state index in [0.717, 1.165) is 24.8 Å². The molecule has 3 nitrogen and oxygen atoms in total. The van der Waals surface area contributed by atoms with Gasteiger partial charge in [0.05, 0.1) is 11.8 Å². The first kappa shape index (κ1) is 11.7. The van der Waals surface area contributed by atoms with Gasteiger partial charge in [0.25, 0.3) is 0 Å². The lowest BCUT2D eigenvalue weighted by Crippen LogP contribution is -2.39. The van der Waals surface area contributed by atoms with Gasteiger partial charge in [-0.25, -0.2) is 0 Å². The van der Waals surface area contributed by atoms with E-state index in [9.17, 15) is 9.59 Å². The highest BCUT2D eigenvalue weighted by Crippen LogP contribution is 2.58. The van der Waals surface area contributed by atoms with Gasteiger partial charge in [-0.2, -0.15) is 0 Å². The molecule has 0 aliphatic heterocycles. The van der Waals surface area contributed by atoms with Crippen molar-refractivity contribution in [2.75, 3.05) is 0 Å². The molecule has 0 spiro atoms. The fourth-order valence-electron chi connectivity index (χ4n) is 3.73. The van der Waals surface area contributed by atoms with E-state index in [1.165, 1.54) is 6.26 Å². The Morgan fingerprint density at radius 3 is 2.67 bits per heavy atom. The van der Waals surface area contributed by atoms with E-state index < -0.39 is 5.41 Å². The number of carbonyl (C=O) groups excluding carboxylic acids is 2. The zero-order valence-electron chi connectivity index (χ0n) is 11.1. The van der Waals surface area contributed by atoms with E-state index in [2.05, 4.69) is 6.92 Å². The van der Waals surface area contributed by atoms with Gasteiger partial charge < -0.3 is 4.42 Å². The fraction of sp³-hybridized carbons (Fsp3) is 0.600. The van der Waals surface area contributed by atoms with Crippen molar-refractivity contribution >= 4 is 11.6 Å². The van der Waals surface area contributed by atoms with Gasteiger partial charge in [0.2, 0.25) is 5.78 Å². The van der Waals surface area contributed by atoms with E-state index in [0.29, 0.717) is 17.7 Å². The minimum atomic E-state index is -0.446. The molecule has 0 amide bonds. The van der Waals surface area contributed by atoms with Crippen molar-refractivity contribution in [3.05, 3.63) is 23.2 Å². The summed E-state index contributed by atoms with van der Waals surface area (Å²) in [5.74, 6) is 0.389. The summed E-state index contributed by atoms with van der Waals surface area (Å²) < 4.78 is 5.40. The Labute approximate surface area is 107 Å². The number of aryl methyl sites for hydroxylation is 1. The summed E-state index contributed by atoms with van der Waals surface area (Å²) in [6.45, 7) is 5.92. The Balaban J connectivity index is 2.24. The smallest absolute Gasteiger partial charge is 0.205 e. The molecule has 0 radical (unpaired) electrons. The molecule has 1 aromatic rings. The van der Waals surface area contributed by atoms with Crippen LogP contribution in [-0.2, 0) is 0 Å². The van der Waals surface area contributed by atoms with E-state index >= 15 is 0 Å². The monoisotopic (exact) mass is 246 g/mol. The average Bonchev–Trinajstić information content (AvgIpc) is 2.79. The highest BCUT2D eigenvalue weighted by molar-refractivity contribution is 6.12. The number of rotatable bonds is 0. The van der Waals surface area contributed by atoms with Crippen LogP contribution in [0.4, 0.5) is 0 Å². The molecule has 2 atom stereocenters. The van der Waals surface area contributed by atoms with Gasteiger partial charge >= 0.3 is 0 Å². The molecular weight excluding hydrogens is 228 g/mol. The summed E-state index contributed by atoms with van der Waals surface area (Å²) in [7, 11) is 0. The summed E-state index contributed by atoms with van der Waals surface area (Å²) in [6, 6.07) is 0. The molecule has 0 aromatic carbocycles. The number of carbonyl (C=O) groups is 2. The second kappa shape index (κ2) is 3.34. The van der Waals surface area contributed by atoms with Crippen molar-refractivity contribution in [2.45, 2.75) is 46.5 Å². The Morgan fingerprint density at radius 2 is 1.94 bits per heavy atom. The molecule has 0 N–H and O–H groups in total. The molecule has 1 heterocycles. The van der Waals surface area contributed by atoms with E-state index in [1.54, 1.807) is 0 Å². The van der Waals surface area contributed by atoms with Gasteiger partial charge in [-0.3, -0.25) is 9.59 Å². The molecule has 18 heavy (non-hydrogen) atoms. The maximum Gasteiger partial charge on any atom is 0.205 e. The van der Waals surface area contributed by atoms with Crippen molar-refractivity contribution in [1.82, 2.24) is 0 Å². The van der Waals surface area contributed by atoms with Crippen LogP contribution in [0.1, 0.15) is 66.0 Å². The quantitative estimate of drug-likeness (QED) is 0.703. The molecule has 0 bridgehead atoms. The van der Waals surface area contributed by atoms with Crippen LogP contribution in [0, 0.1) is 17.8 Å². The van der Waals surface area contributed by atoms with Gasteiger partial charge in [0.1, 0.15) is 0 Å². The van der Waals surface area contributed by atoms with Crippen LogP contribution in [0.25, 0.3) is 0 Å². The Hall–Kier alpha value is -1.38. The van der Waals surface area contributed by atoms with Crippen molar-refractivity contribution in [3.63, 3.8) is 0 Å². The third kappa shape index (κ3) is 1.20. The topological polar surface area (TPSA) is 47.3 Å². The molecule has 96 valence electrons. The van der Waals surface area contributed by atoms with Crippen LogP contribution in [0.15, 0.2) is 10.7 Å². The lowest BCUT2D eigenvalue weighted by molar-refractivity contribution is 0.0529. The maximum absolute atomic E-state index is 12.8. The van der Waals surface area contributed by atoms with Crippen LogP contribution >= 0.6 is 0 Å². The predicted molar refractivity (Wildman–Crippen MR) is 66.8 cm³/mol. The zero-order valence-corrected chi connectivity index (χ0v) is 11.1. The number of Topliss-reactive ketones (excluding diaryl/α,β-unsaturated/α-hetero) is 2. The maximum atomic E-state index is 12.8. The molecule has 2 aliphatic rings. The van der Waals surface area contributed by atoms with Crippen molar-refractivity contribution < 1.29 is 14.0 Å². The van der Waals surface area contributed by atoms with Crippen molar-refractivity contribution in [2.24, 2.45) is 10.8 Å². The summed E-state index contributed by atoms with van der Waals surface area (Å²) in [4.78, 5) is 25.2. The number of hydrogen-bond donors (Lipinski definition) is 0. The Morgan fingerprint density at radius 1 is 1.22 bits per heavy atom. The summed E-state index contributed by atoms with van der Waals surface area (Å²) in [5, 5.41) is 0. The number of fused-ring (bicyclic) bond motifs is 2. The second-order valence-electron chi connectivity index (χ2n) is 6.30. The Kier molecular flexibility index (Phi) is 2.17. The van der Waals surface area contributed by atoms with E-state index in [1.807, 2.05) is 13.8 Å². The zero-order chi connectivity index (χ0) is 13.1. The third-order valence-electron chi connectivity index (χ3n) is 5.25. The van der Waals surface area contributed by atoms with Crippen LogP contribution in [0.2, 0.25) is 0 Å². The predicted octanol–water partition coefficient (Wildman–Crippen LogP) is 3.55. The molecule has 1 saturated carbocycles. The van der Waals surface area contributed by atoms with Crippen molar-refractivity contribution in [3.8, 4) is 0 Å². The highest BCUT2D eigenvalue weighted by atomic mass is 16.3. The first-order valence-corrected chi connectivity index (χ1v) is 6.55. The molecule has 0 unspecified atom stereocenters. The van der Waals surface area contributed by atoms with Crippen LogP contribution in [0.5, 0.6) is 0 Å². The summed E-state index contributed by atoms with van der Waals surface area (Å²) in [5.41, 5.74) is 0.653. The molecule has 1 fully saturated rings. The SMILES string of the molecule is Cc1coc2c1C(=O)C[C@@]1(C)CCC[C@]1(C)C2=O. The van der Waals surface area contributed by atoms with E-state index in [-0.39, 0.29) is 17.0 Å². The first-order valence-electron chi connectivity index (χ1n) is 6.55. The molecule has 2 aliphatic carbocycles. The number of furan rings is 1. The number of hydrogen-bond acceptors (Lipinski definition) is 3. The van der Waals surface area contributed by atoms with Crippen LogP contribution < -0.4 is 0 Å². The van der Waals surface area contributed by atoms with Gasteiger partial charge in [0.15, 0.2) is 11.5 Å². The van der Waals surface area contributed by atoms with Gasteiger partial charge in [-0.05, 0) is 30.7 Å². The van der Waals surface area contributed by atoms with Gasteiger partial charge in [-0.1, -0.05) is 20.3 Å². The van der Waals surface area contributed by atoms with Crippen LogP contribution in [0.3, 0.4) is 0 Å². The molecule has 1 aromatic heterocycles. The van der Waals surface area contributed by atoms with Crippen molar-refractivity contribution in [1.29, 1.82) is 0 Å². The minimum absolute atomic E-state index is 0.0245. The molecule has 3 rings (SSSR count). The molecular formula is C15H18O3. The van der Waals surface area contributed by atoms with Crippen LogP contribution in [-0.4, -0.2) is 11.6 Å². The number of ketones is 2. The lowest BCUT2D eigenvalue weighted by atomic mass is 9.64. The average molecular weight is 246 g/mol. The standard InChI is InChI=1S/C15H18O3/c1-9-8-18-12-11(9)10(16)7-14(2)5-4-6-15(14,3)13(12)17/h8H,4-7H2,1-3H3/t14-,15-/m1/s1. The van der Waals surface area contributed by atoms with Gasteiger partial charge in [-0.15, -0.1) is 0 Å². The van der Waals surface area contributed by atoms with Gasteiger partial charge in [0, 0.05) is 11.8 Å². The highest BCUT2D eigenvalue weighted by Gasteiger charge is 2.57. The molecule has 3 heteroatoms. The summed E-state index contributed by atoms with van der Waals surface area (Å²) in [6.07, 6.45) is 4.81. The van der Waals surface area contributed by atoms with E-state index in [4.69, 9.17) is 4.42 Å². The summed E-state index contributed by atoms with van der Waals surface area (Å²) >= 11 is 0. The third-order valence-corrected chi connectivity index (χ3v) is 5.25. The Bertz CT molecular complexity index is 554. The first-order chi connectivity index (χ1) is 8.39. The second-order valence-corrected chi connectivity index (χ2v) is 6.30. The largest absolute Gasteiger partial charge is 0.460 e. The minimum Gasteiger partial charge on any atom is -0.460 e. The fourth-order valence-corrected chi connectivity index (χ4v) is 3.73. The normalized spacial score (nSPS) is 35.3.